The van der Waals surface area contributed by atoms with Gasteiger partial charge in [0.05, 0.1) is 0 Å². The number of rotatable bonds is 13. The Labute approximate surface area is 260 Å². The van der Waals surface area contributed by atoms with E-state index in [-0.39, 0.29) is 11.3 Å². The SMILES string of the molecule is CCN(CC)c1ccc2c(c1)Oc1cc(N(CC)CC)ccc1C2c1ccccc1C(O)(O)C(C)(C)CCC(C)(C)CC. The number of benzene rings is 3. The van der Waals surface area contributed by atoms with Gasteiger partial charge >= 0.3 is 0 Å². The van der Waals surface area contributed by atoms with E-state index in [1.54, 1.807) is 0 Å². The molecule has 0 atom stereocenters. The van der Waals surface area contributed by atoms with Crippen LogP contribution in [0.5, 0.6) is 11.5 Å². The van der Waals surface area contributed by atoms with Crippen LogP contribution < -0.4 is 14.5 Å². The first-order valence-electron chi connectivity index (χ1n) is 16.3. The lowest BCUT2D eigenvalue weighted by Crippen LogP contribution is -2.43. The van der Waals surface area contributed by atoms with Crippen molar-refractivity contribution >= 4 is 11.4 Å². The Morgan fingerprint density at radius 2 is 1.14 bits per heavy atom. The molecule has 1 heterocycles. The third-order valence-electron chi connectivity index (χ3n) is 10.1. The van der Waals surface area contributed by atoms with E-state index in [1.165, 1.54) is 0 Å². The van der Waals surface area contributed by atoms with Gasteiger partial charge in [-0.15, -0.1) is 0 Å². The summed E-state index contributed by atoms with van der Waals surface area (Å²) in [6.07, 6.45) is 2.65. The number of nitrogens with zero attached hydrogens (tertiary/aromatic N) is 2. The standard InChI is InChI=1S/C38H54N2O3/c1-10-36(6,7)23-24-37(8,9)38(41,42)32-18-16-15-17-29(32)35-30-21-19-27(39(11-2)12-3)25-33(30)43-34-26-28(20-22-31(34)35)40(13-4)14-5/h15-22,25-26,35,41-42H,10-14,23-24H2,1-9H3. The van der Waals surface area contributed by atoms with Crippen LogP contribution in [0.25, 0.3) is 0 Å². The minimum absolute atomic E-state index is 0.136. The molecular formula is C38H54N2O3. The smallest absolute Gasteiger partial charge is 0.195 e. The average Bonchev–Trinajstić information content (AvgIpc) is 3.00. The second kappa shape index (κ2) is 12.9. The second-order valence-corrected chi connectivity index (χ2v) is 13.5. The number of hydrogen-bond donors (Lipinski definition) is 2. The fourth-order valence-corrected chi connectivity index (χ4v) is 6.32. The highest BCUT2D eigenvalue weighted by Gasteiger charge is 2.46. The summed E-state index contributed by atoms with van der Waals surface area (Å²) < 4.78 is 6.69. The van der Waals surface area contributed by atoms with Crippen molar-refractivity contribution in [3.05, 3.63) is 82.9 Å². The number of hydrogen-bond acceptors (Lipinski definition) is 5. The van der Waals surface area contributed by atoms with Crippen molar-refractivity contribution in [1.82, 2.24) is 0 Å². The predicted octanol–water partition coefficient (Wildman–Crippen LogP) is 9.04. The zero-order chi connectivity index (χ0) is 31.6. The van der Waals surface area contributed by atoms with Crippen LogP contribution in [0.1, 0.15) is 110 Å². The molecule has 3 aromatic rings. The average molecular weight is 587 g/mol. The number of fused-ring (bicyclic) bond motifs is 2. The zero-order valence-electron chi connectivity index (χ0n) is 28.0. The van der Waals surface area contributed by atoms with E-state index >= 15 is 0 Å². The third kappa shape index (κ3) is 6.44. The van der Waals surface area contributed by atoms with Crippen LogP contribution in [0.4, 0.5) is 11.4 Å². The van der Waals surface area contributed by atoms with E-state index in [0.29, 0.717) is 12.0 Å². The Kier molecular flexibility index (Phi) is 9.88. The van der Waals surface area contributed by atoms with Gasteiger partial charge in [0.1, 0.15) is 11.5 Å². The number of anilines is 2. The van der Waals surface area contributed by atoms with Crippen LogP contribution in [0.3, 0.4) is 0 Å². The minimum atomic E-state index is -2.03. The van der Waals surface area contributed by atoms with E-state index in [4.69, 9.17) is 4.74 Å². The van der Waals surface area contributed by atoms with Crippen molar-refractivity contribution in [2.75, 3.05) is 36.0 Å². The lowest BCUT2D eigenvalue weighted by molar-refractivity contribution is -0.247. The number of ether oxygens (including phenoxy) is 1. The minimum Gasteiger partial charge on any atom is -0.457 e. The number of aliphatic hydroxyl groups is 2. The topological polar surface area (TPSA) is 56.2 Å². The van der Waals surface area contributed by atoms with E-state index in [9.17, 15) is 10.2 Å². The molecule has 0 aliphatic carbocycles. The zero-order valence-corrected chi connectivity index (χ0v) is 28.0. The normalized spacial score (nSPS) is 13.7. The molecule has 1 aliphatic rings. The highest BCUT2D eigenvalue weighted by Crippen LogP contribution is 2.53. The Bertz CT molecular complexity index is 1320. The van der Waals surface area contributed by atoms with E-state index in [0.717, 1.165) is 78.6 Å². The van der Waals surface area contributed by atoms with Crippen molar-refractivity contribution in [2.45, 2.75) is 93.3 Å². The largest absolute Gasteiger partial charge is 0.457 e. The van der Waals surface area contributed by atoms with Crippen LogP contribution in [0.2, 0.25) is 0 Å². The van der Waals surface area contributed by atoms with Gasteiger partial charge in [0.2, 0.25) is 0 Å². The molecule has 3 aromatic carbocycles. The van der Waals surface area contributed by atoms with E-state index in [1.807, 2.05) is 32.0 Å². The first-order chi connectivity index (χ1) is 20.3. The van der Waals surface area contributed by atoms with Crippen LogP contribution in [0.15, 0.2) is 60.7 Å². The predicted molar refractivity (Wildman–Crippen MR) is 181 cm³/mol. The quantitative estimate of drug-likeness (QED) is 0.153. The molecule has 0 spiro atoms. The van der Waals surface area contributed by atoms with Crippen LogP contribution in [0, 0.1) is 10.8 Å². The maximum absolute atomic E-state index is 12.1. The maximum atomic E-state index is 12.1. The Balaban J connectivity index is 1.90. The molecule has 2 N–H and O–H groups in total. The van der Waals surface area contributed by atoms with E-state index in [2.05, 4.69) is 101 Å². The molecule has 43 heavy (non-hydrogen) atoms. The van der Waals surface area contributed by atoms with Crippen molar-refractivity contribution in [3.63, 3.8) is 0 Å². The van der Waals surface area contributed by atoms with Crippen molar-refractivity contribution in [1.29, 1.82) is 0 Å². The van der Waals surface area contributed by atoms with Gasteiger partial charge in [0.25, 0.3) is 0 Å². The van der Waals surface area contributed by atoms with Crippen molar-refractivity contribution < 1.29 is 14.9 Å². The summed E-state index contributed by atoms with van der Waals surface area (Å²) in [5.74, 6) is -0.611. The molecule has 234 valence electrons. The van der Waals surface area contributed by atoms with Crippen LogP contribution >= 0.6 is 0 Å². The molecule has 5 heteroatoms. The molecule has 0 bridgehead atoms. The first kappa shape index (κ1) is 32.9. The summed E-state index contributed by atoms with van der Waals surface area (Å²) in [4.78, 5) is 4.64. The van der Waals surface area contributed by atoms with E-state index < -0.39 is 11.2 Å². The Morgan fingerprint density at radius 1 is 0.651 bits per heavy atom. The second-order valence-electron chi connectivity index (χ2n) is 13.5. The lowest BCUT2D eigenvalue weighted by atomic mass is 9.69. The van der Waals surface area contributed by atoms with Crippen molar-refractivity contribution in [2.24, 2.45) is 10.8 Å². The highest BCUT2D eigenvalue weighted by atomic mass is 16.5. The van der Waals surface area contributed by atoms with Gasteiger partial charge < -0.3 is 24.7 Å². The lowest BCUT2D eigenvalue weighted by Gasteiger charge is -2.42. The van der Waals surface area contributed by atoms with Crippen molar-refractivity contribution in [3.8, 4) is 11.5 Å². The van der Waals surface area contributed by atoms with Gasteiger partial charge in [-0.3, -0.25) is 0 Å². The molecule has 1 aliphatic heterocycles. The Hall–Kier alpha value is -3.02. The molecule has 0 aromatic heterocycles. The summed E-state index contributed by atoms with van der Waals surface area (Å²) in [5, 5.41) is 24.1. The molecular weight excluding hydrogens is 532 g/mol. The first-order valence-corrected chi connectivity index (χ1v) is 16.3. The van der Waals surface area contributed by atoms with Crippen LogP contribution in [-0.4, -0.2) is 36.4 Å². The molecule has 4 rings (SSSR count). The molecule has 0 fully saturated rings. The summed E-state index contributed by atoms with van der Waals surface area (Å²) in [6.45, 7) is 23.0. The van der Waals surface area contributed by atoms with Gasteiger partial charge in [-0.05, 0) is 63.6 Å². The molecule has 0 saturated carbocycles. The van der Waals surface area contributed by atoms with Gasteiger partial charge in [0, 0.05) is 77.7 Å². The summed E-state index contributed by atoms with van der Waals surface area (Å²) in [5.41, 5.74) is 5.13. The summed E-state index contributed by atoms with van der Waals surface area (Å²) in [6, 6.07) is 20.8. The monoisotopic (exact) mass is 586 g/mol. The molecule has 0 saturated heterocycles. The fraction of sp³-hybridized carbons (Fsp3) is 0.526. The Morgan fingerprint density at radius 3 is 1.60 bits per heavy atom. The highest BCUT2D eigenvalue weighted by molar-refractivity contribution is 5.67. The van der Waals surface area contributed by atoms with Gasteiger partial charge in [-0.25, -0.2) is 0 Å². The van der Waals surface area contributed by atoms with Gasteiger partial charge in [0.15, 0.2) is 5.79 Å². The molecule has 0 unspecified atom stereocenters. The summed E-state index contributed by atoms with van der Waals surface area (Å²) in [7, 11) is 0. The van der Waals surface area contributed by atoms with Gasteiger partial charge in [-0.2, -0.15) is 0 Å². The molecule has 5 nitrogen and oxygen atoms in total. The maximum Gasteiger partial charge on any atom is 0.195 e. The van der Waals surface area contributed by atoms with Crippen LogP contribution in [-0.2, 0) is 5.79 Å². The van der Waals surface area contributed by atoms with Gasteiger partial charge in [-0.1, -0.05) is 77.4 Å². The molecule has 0 amide bonds. The summed E-state index contributed by atoms with van der Waals surface area (Å²) >= 11 is 0. The molecule has 0 radical (unpaired) electrons. The third-order valence-corrected chi connectivity index (χ3v) is 10.1. The fourth-order valence-electron chi connectivity index (χ4n) is 6.32.